The minimum absolute atomic E-state index is 0.00886. The Balaban J connectivity index is 1.65. The third-order valence-corrected chi connectivity index (χ3v) is 5.62. The van der Waals surface area contributed by atoms with Crippen molar-refractivity contribution in [2.45, 2.75) is 45.8 Å². The summed E-state index contributed by atoms with van der Waals surface area (Å²) >= 11 is 0. The first kappa shape index (κ1) is 20.9. The average molecular weight is 395 g/mol. The standard InChI is InChI=1S/C24H30N2O3/c1-3-23(27)26(22-14-8-5-9-15-22)19(2)21-13-10-16-25(17-21)24(28)29-18-20-11-6-4-7-12-20/h4-9,11-12,14-15,19,21H,3,10,13,16-18H2,1-2H3/t19-,21+/m0/s1. The van der Waals surface area contributed by atoms with Gasteiger partial charge in [-0.2, -0.15) is 0 Å². The second-order valence-corrected chi connectivity index (χ2v) is 7.58. The van der Waals surface area contributed by atoms with E-state index in [2.05, 4.69) is 6.92 Å². The Labute approximate surface area is 173 Å². The van der Waals surface area contributed by atoms with E-state index in [4.69, 9.17) is 4.74 Å². The highest BCUT2D eigenvalue weighted by molar-refractivity contribution is 5.93. The largest absolute Gasteiger partial charge is 0.445 e. The normalized spacial score (nSPS) is 17.4. The Morgan fingerprint density at radius 2 is 1.76 bits per heavy atom. The molecule has 154 valence electrons. The van der Waals surface area contributed by atoms with Crippen molar-refractivity contribution in [1.82, 2.24) is 4.90 Å². The van der Waals surface area contributed by atoms with Gasteiger partial charge < -0.3 is 14.5 Å². The maximum Gasteiger partial charge on any atom is 0.410 e. The topological polar surface area (TPSA) is 49.9 Å². The maximum absolute atomic E-state index is 12.7. The summed E-state index contributed by atoms with van der Waals surface area (Å²) in [6.07, 6.45) is 2.08. The second-order valence-electron chi connectivity index (χ2n) is 7.58. The number of rotatable bonds is 6. The average Bonchev–Trinajstić information content (AvgIpc) is 2.79. The van der Waals surface area contributed by atoms with Crippen LogP contribution in [0.2, 0.25) is 0 Å². The molecule has 0 aromatic heterocycles. The first-order valence-electron chi connectivity index (χ1n) is 10.4. The molecule has 2 amide bonds. The van der Waals surface area contributed by atoms with Crippen molar-refractivity contribution in [3.63, 3.8) is 0 Å². The van der Waals surface area contributed by atoms with Gasteiger partial charge >= 0.3 is 6.09 Å². The van der Waals surface area contributed by atoms with Gasteiger partial charge in [0.25, 0.3) is 0 Å². The summed E-state index contributed by atoms with van der Waals surface area (Å²) in [7, 11) is 0. The van der Waals surface area contributed by atoms with Crippen LogP contribution in [0.25, 0.3) is 0 Å². The van der Waals surface area contributed by atoms with E-state index < -0.39 is 0 Å². The zero-order chi connectivity index (χ0) is 20.6. The van der Waals surface area contributed by atoms with Gasteiger partial charge in [0.15, 0.2) is 0 Å². The highest BCUT2D eigenvalue weighted by Gasteiger charge is 2.33. The molecule has 2 aromatic carbocycles. The number of nitrogens with zero attached hydrogens (tertiary/aromatic N) is 2. The van der Waals surface area contributed by atoms with Gasteiger partial charge in [0.2, 0.25) is 5.91 Å². The lowest BCUT2D eigenvalue weighted by molar-refractivity contribution is -0.119. The first-order valence-corrected chi connectivity index (χ1v) is 10.4. The van der Waals surface area contributed by atoms with Gasteiger partial charge in [-0.1, -0.05) is 55.5 Å². The molecule has 2 atom stereocenters. The van der Waals surface area contributed by atoms with E-state index in [0.29, 0.717) is 19.5 Å². The van der Waals surface area contributed by atoms with Gasteiger partial charge in [0.1, 0.15) is 6.61 Å². The monoisotopic (exact) mass is 394 g/mol. The third kappa shape index (κ3) is 5.37. The van der Waals surface area contributed by atoms with Gasteiger partial charge in [0.05, 0.1) is 0 Å². The molecule has 1 aliphatic heterocycles. The van der Waals surface area contributed by atoms with Crippen LogP contribution in [0.4, 0.5) is 10.5 Å². The van der Waals surface area contributed by atoms with Crippen LogP contribution >= 0.6 is 0 Å². The van der Waals surface area contributed by atoms with Crippen LogP contribution in [-0.4, -0.2) is 36.0 Å². The molecule has 3 rings (SSSR count). The molecule has 2 aromatic rings. The Kier molecular flexibility index (Phi) is 7.28. The van der Waals surface area contributed by atoms with Crippen molar-refractivity contribution >= 4 is 17.7 Å². The van der Waals surface area contributed by atoms with Crippen molar-refractivity contribution in [3.8, 4) is 0 Å². The van der Waals surface area contributed by atoms with Gasteiger partial charge in [-0.05, 0) is 43.4 Å². The summed E-state index contributed by atoms with van der Waals surface area (Å²) in [5.74, 6) is 0.316. The smallest absolute Gasteiger partial charge is 0.410 e. The second kappa shape index (κ2) is 10.1. The van der Waals surface area contributed by atoms with Crippen LogP contribution in [0.1, 0.15) is 38.7 Å². The fourth-order valence-corrected chi connectivity index (χ4v) is 3.96. The van der Waals surface area contributed by atoms with Crippen LogP contribution in [0.5, 0.6) is 0 Å². The molecule has 0 unspecified atom stereocenters. The Hall–Kier alpha value is -2.82. The van der Waals surface area contributed by atoms with Crippen molar-refractivity contribution in [1.29, 1.82) is 0 Å². The van der Waals surface area contributed by atoms with E-state index in [-0.39, 0.29) is 30.6 Å². The highest BCUT2D eigenvalue weighted by Crippen LogP contribution is 2.28. The lowest BCUT2D eigenvalue weighted by Gasteiger charge is -2.40. The summed E-state index contributed by atoms with van der Waals surface area (Å²) < 4.78 is 5.52. The minimum atomic E-state index is -0.279. The predicted molar refractivity (Wildman–Crippen MR) is 115 cm³/mol. The Morgan fingerprint density at radius 1 is 1.10 bits per heavy atom. The summed E-state index contributed by atoms with van der Waals surface area (Å²) in [6, 6.07) is 19.5. The fourth-order valence-electron chi connectivity index (χ4n) is 3.96. The van der Waals surface area contributed by atoms with E-state index in [9.17, 15) is 9.59 Å². The SMILES string of the molecule is CCC(=O)N(c1ccccc1)[C@@H](C)[C@@H]1CCCN(C(=O)OCc2ccccc2)C1. The van der Waals surface area contributed by atoms with Crippen LogP contribution in [-0.2, 0) is 16.1 Å². The minimum Gasteiger partial charge on any atom is -0.445 e. The molecule has 0 radical (unpaired) electrons. The number of piperidine rings is 1. The number of para-hydroxylation sites is 1. The number of carbonyl (C=O) groups excluding carboxylic acids is 2. The van der Waals surface area contributed by atoms with Gasteiger partial charge in [-0.3, -0.25) is 4.79 Å². The van der Waals surface area contributed by atoms with E-state index in [0.717, 1.165) is 24.1 Å². The van der Waals surface area contributed by atoms with E-state index in [1.807, 2.05) is 72.5 Å². The zero-order valence-corrected chi connectivity index (χ0v) is 17.3. The van der Waals surface area contributed by atoms with Crippen molar-refractivity contribution in [2.75, 3.05) is 18.0 Å². The van der Waals surface area contributed by atoms with Crippen molar-refractivity contribution in [2.24, 2.45) is 5.92 Å². The van der Waals surface area contributed by atoms with Crippen LogP contribution in [0, 0.1) is 5.92 Å². The van der Waals surface area contributed by atoms with E-state index >= 15 is 0 Å². The number of likely N-dealkylation sites (tertiary alicyclic amines) is 1. The molecular weight excluding hydrogens is 364 g/mol. The lowest BCUT2D eigenvalue weighted by Crippen LogP contribution is -2.50. The number of hydrogen-bond acceptors (Lipinski definition) is 3. The summed E-state index contributed by atoms with van der Waals surface area (Å²) in [5.41, 5.74) is 1.89. The number of amides is 2. The molecule has 0 aliphatic carbocycles. The molecule has 29 heavy (non-hydrogen) atoms. The molecule has 0 saturated carbocycles. The maximum atomic E-state index is 12.7. The zero-order valence-electron chi connectivity index (χ0n) is 17.3. The Morgan fingerprint density at radius 3 is 2.41 bits per heavy atom. The number of carbonyl (C=O) groups is 2. The molecule has 0 spiro atoms. The van der Waals surface area contributed by atoms with Gasteiger partial charge in [-0.15, -0.1) is 0 Å². The highest BCUT2D eigenvalue weighted by atomic mass is 16.6. The van der Waals surface area contributed by atoms with Crippen molar-refractivity contribution < 1.29 is 14.3 Å². The molecule has 1 heterocycles. The summed E-state index contributed by atoms with van der Waals surface area (Å²) in [5, 5.41) is 0. The summed E-state index contributed by atoms with van der Waals surface area (Å²) in [6.45, 7) is 5.56. The number of hydrogen-bond donors (Lipinski definition) is 0. The Bertz CT molecular complexity index is 794. The van der Waals surface area contributed by atoms with Crippen LogP contribution in [0.3, 0.4) is 0 Å². The number of anilines is 1. The van der Waals surface area contributed by atoms with Gasteiger partial charge in [0, 0.05) is 31.2 Å². The number of benzene rings is 2. The van der Waals surface area contributed by atoms with E-state index in [1.54, 1.807) is 4.90 Å². The summed E-state index contributed by atoms with van der Waals surface area (Å²) in [4.78, 5) is 29.0. The third-order valence-electron chi connectivity index (χ3n) is 5.62. The first-order chi connectivity index (χ1) is 14.1. The molecule has 0 bridgehead atoms. The van der Waals surface area contributed by atoms with Crippen molar-refractivity contribution in [3.05, 3.63) is 66.2 Å². The lowest BCUT2D eigenvalue weighted by atomic mass is 9.90. The number of ether oxygens (including phenoxy) is 1. The van der Waals surface area contributed by atoms with Crippen LogP contribution < -0.4 is 4.90 Å². The fraction of sp³-hybridized carbons (Fsp3) is 0.417. The molecule has 1 saturated heterocycles. The molecule has 0 N–H and O–H groups in total. The predicted octanol–water partition coefficient (Wildman–Crippen LogP) is 4.87. The van der Waals surface area contributed by atoms with Crippen LogP contribution in [0.15, 0.2) is 60.7 Å². The molecular formula is C24H30N2O3. The molecule has 1 aliphatic rings. The molecule has 5 heteroatoms. The molecule has 1 fully saturated rings. The quantitative estimate of drug-likeness (QED) is 0.702. The molecule has 5 nitrogen and oxygen atoms in total. The van der Waals surface area contributed by atoms with E-state index in [1.165, 1.54) is 0 Å². The van der Waals surface area contributed by atoms with Gasteiger partial charge in [-0.25, -0.2) is 4.79 Å².